The van der Waals surface area contributed by atoms with Gasteiger partial charge in [0.2, 0.25) is 0 Å². The molecular formula is C11H17NO. The van der Waals surface area contributed by atoms with Gasteiger partial charge in [0.15, 0.2) is 0 Å². The molecule has 0 saturated heterocycles. The van der Waals surface area contributed by atoms with E-state index in [2.05, 4.69) is 4.90 Å². The second-order valence-electron chi connectivity index (χ2n) is 3.76. The number of phenols is 1. The molecule has 2 heteroatoms. The van der Waals surface area contributed by atoms with E-state index in [4.69, 9.17) is 0 Å². The van der Waals surface area contributed by atoms with Gasteiger partial charge >= 0.3 is 0 Å². The van der Waals surface area contributed by atoms with Crippen LogP contribution in [0.25, 0.3) is 0 Å². The first-order valence-corrected chi connectivity index (χ1v) is 4.45. The molecule has 0 aliphatic rings. The Hall–Kier alpha value is -1.02. The zero-order valence-corrected chi connectivity index (χ0v) is 8.76. The Morgan fingerprint density at radius 3 is 2.23 bits per heavy atom. The Kier molecular flexibility index (Phi) is 2.94. The average Bonchev–Trinajstić information content (AvgIpc) is 2.05. The van der Waals surface area contributed by atoms with Crippen molar-refractivity contribution >= 4 is 0 Å². The van der Waals surface area contributed by atoms with Crippen LogP contribution in [0.15, 0.2) is 12.1 Å². The summed E-state index contributed by atoms with van der Waals surface area (Å²) in [6.45, 7) is 4.74. The van der Waals surface area contributed by atoms with Gasteiger partial charge in [-0.3, -0.25) is 0 Å². The molecular weight excluding hydrogens is 162 g/mol. The Labute approximate surface area is 79.8 Å². The van der Waals surface area contributed by atoms with E-state index < -0.39 is 0 Å². The smallest absolute Gasteiger partial charge is 0.123 e. The lowest BCUT2D eigenvalue weighted by atomic mass is 10.0. The van der Waals surface area contributed by atoms with Crippen molar-refractivity contribution in [3.8, 4) is 5.75 Å². The monoisotopic (exact) mass is 179 g/mol. The van der Waals surface area contributed by atoms with Gasteiger partial charge in [-0.25, -0.2) is 0 Å². The van der Waals surface area contributed by atoms with E-state index in [0.29, 0.717) is 5.75 Å². The van der Waals surface area contributed by atoms with Crippen LogP contribution in [0.1, 0.15) is 16.7 Å². The van der Waals surface area contributed by atoms with Crippen molar-refractivity contribution in [2.45, 2.75) is 20.4 Å². The van der Waals surface area contributed by atoms with Gasteiger partial charge in [-0.1, -0.05) is 12.1 Å². The van der Waals surface area contributed by atoms with E-state index in [0.717, 1.165) is 23.2 Å². The lowest BCUT2D eigenvalue weighted by Crippen LogP contribution is -2.12. The zero-order chi connectivity index (χ0) is 10.0. The number of benzene rings is 1. The molecule has 0 unspecified atom stereocenters. The third-order valence-corrected chi connectivity index (χ3v) is 2.19. The van der Waals surface area contributed by atoms with Gasteiger partial charge in [-0.2, -0.15) is 0 Å². The fourth-order valence-electron chi connectivity index (χ4n) is 1.37. The molecule has 1 aromatic carbocycles. The minimum Gasteiger partial charge on any atom is -0.507 e. The number of nitrogens with zero attached hydrogens (tertiary/aromatic N) is 1. The van der Waals surface area contributed by atoms with Crippen LogP contribution in [0.4, 0.5) is 0 Å². The van der Waals surface area contributed by atoms with E-state index in [1.807, 2.05) is 40.1 Å². The van der Waals surface area contributed by atoms with Gasteiger partial charge in [0.25, 0.3) is 0 Å². The van der Waals surface area contributed by atoms with E-state index in [1.54, 1.807) is 0 Å². The van der Waals surface area contributed by atoms with Gasteiger partial charge in [0.05, 0.1) is 0 Å². The molecule has 2 nitrogen and oxygen atoms in total. The molecule has 0 saturated carbocycles. The molecule has 0 radical (unpaired) electrons. The first-order chi connectivity index (χ1) is 6.02. The first-order valence-electron chi connectivity index (χ1n) is 4.45. The van der Waals surface area contributed by atoms with E-state index >= 15 is 0 Å². The van der Waals surface area contributed by atoms with Gasteiger partial charge in [0.1, 0.15) is 5.75 Å². The van der Waals surface area contributed by atoms with Crippen molar-refractivity contribution in [3.05, 3.63) is 28.8 Å². The highest BCUT2D eigenvalue weighted by Crippen LogP contribution is 2.25. The fraction of sp³-hybridized carbons (Fsp3) is 0.455. The number of aryl methyl sites for hydroxylation is 2. The summed E-state index contributed by atoms with van der Waals surface area (Å²) in [5.41, 5.74) is 3.13. The molecule has 0 aromatic heterocycles. The Morgan fingerprint density at radius 2 is 1.69 bits per heavy atom. The third-order valence-electron chi connectivity index (χ3n) is 2.19. The summed E-state index contributed by atoms with van der Waals surface area (Å²) in [6.07, 6.45) is 0. The summed E-state index contributed by atoms with van der Waals surface area (Å²) >= 11 is 0. The molecule has 72 valence electrons. The van der Waals surface area contributed by atoms with E-state index in [-0.39, 0.29) is 0 Å². The quantitative estimate of drug-likeness (QED) is 0.751. The SMILES string of the molecule is Cc1ccc(C)c(CN(C)C)c1O. The minimum atomic E-state index is 0.439. The van der Waals surface area contributed by atoms with Crippen LogP contribution < -0.4 is 0 Å². The van der Waals surface area contributed by atoms with Crippen LogP contribution >= 0.6 is 0 Å². The number of hydrogen-bond donors (Lipinski definition) is 1. The van der Waals surface area contributed by atoms with E-state index in [1.165, 1.54) is 0 Å². The standard InChI is InChI=1S/C11H17NO/c1-8-5-6-9(2)11(13)10(8)7-12(3)4/h5-6,13H,7H2,1-4H3. The van der Waals surface area contributed by atoms with Crippen LogP contribution in [0.5, 0.6) is 5.75 Å². The molecule has 0 aliphatic carbocycles. The number of phenolic OH excluding ortho intramolecular Hbond substituents is 1. The highest BCUT2D eigenvalue weighted by atomic mass is 16.3. The molecule has 1 rings (SSSR count). The highest BCUT2D eigenvalue weighted by Gasteiger charge is 2.07. The Balaban J connectivity index is 3.10. The topological polar surface area (TPSA) is 23.5 Å². The fourth-order valence-corrected chi connectivity index (χ4v) is 1.37. The summed E-state index contributed by atoms with van der Waals surface area (Å²) in [7, 11) is 4.00. The minimum absolute atomic E-state index is 0.439. The summed E-state index contributed by atoms with van der Waals surface area (Å²) < 4.78 is 0. The van der Waals surface area contributed by atoms with Crippen molar-refractivity contribution in [2.24, 2.45) is 0 Å². The van der Waals surface area contributed by atoms with Gasteiger partial charge in [-0.15, -0.1) is 0 Å². The number of rotatable bonds is 2. The predicted octanol–water partition coefficient (Wildman–Crippen LogP) is 2.07. The maximum atomic E-state index is 9.80. The normalized spacial score (nSPS) is 10.8. The molecule has 13 heavy (non-hydrogen) atoms. The first kappa shape index (κ1) is 10.1. The maximum Gasteiger partial charge on any atom is 0.123 e. The average molecular weight is 179 g/mol. The molecule has 0 aliphatic heterocycles. The molecule has 0 amide bonds. The van der Waals surface area contributed by atoms with E-state index in [9.17, 15) is 5.11 Å². The van der Waals surface area contributed by atoms with Crippen LogP contribution in [-0.4, -0.2) is 24.1 Å². The van der Waals surface area contributed by atoms with Crippen molar-refractivity contribution in [2.75, 3.05) is 14.1 Å². The van der Waals surface area contributed by atoms with Crippen LogP contribution in [-0.2, 0) is 6.54 Å². The molecule has 0 atom stereocenters. The molecule has 0 heterocycles. The van der Waals surface area contributed by atoms with Crippen molar-refractivity contribution in [1.82, 2.24) is 4.90 Å². The molecule has 0 bridgehead atoms. The summed E-state index contributed by atoms with van der Waals surface area (Å²) in [6, 6.07) is 4.00. The van der Waals surface area contributed by atoms with Gasteiger partial charge in [-0.05, 0) is 39.1 Å². The summed E-state index contributed by atoms with van der Waals surface area (Å²) in [5.74, 6) is 0.439. The zero-order valence-electron chi connectivity index (χ0n) is 8.76. The van der Waals surface area contributed by atoms with Crippen molar-refractivity contribution < 1.29 is 5.11 Å². The van der Waals surface area contributed by atoms with Crippen LogP contribution in [0.2, 0.25) is 0 Å². The number of hydrogen-bond acceptors (Lipinski definition) is 2. The second-order valence-corrected chi connectivity index (χ2v) is 3.76. The third kappa shape index (κ3) is 2.22. The Morgan fingerprint density at radius 1 is 1.15 bits per heavy atom. The van der Waals surface area contributed by atoms with Crippen LogP contribution in [0.3, 0.4) is 0 Å². The molecule has 1 N–H and O–H groups in total. The van der Waals surface area contributed by atoms with Crippen LogP contribution in [0, 0.1) is 13.8 Å². The summed E-state index contributed by atoms with van der Waals surface area (Å²) in [5, 5.41) is 9.80. The highest BCUT2D eigenvalue weighted by molar-refractivity contribution is 5.44. The Bertz CT molecular complexity index is 305. The number of aromatic hydroxyl groups is 1. The molecule has 0 spiro atoms. The molecule has 0 fully saturated rings. The van der Waals surface area contributed by atoms with Gasteiger partial charge in [0, 0.05) is 12.1 Å². The second kappa shape index (κ2) is 3.79. The lowest BCUT2D eigenvalue weighted by Gasteiger charge is -2.15. The molecule has 1 aromatic rings. The van der Waals surface area contributed by atoms with Crippen molar-refractivity contribution in [3.63, 3.8) is 0 Å². The largest absolute Gasteiger partial charge is 0.507 e. The lowest BCUT2D eigenvalue weighted by molar-refractivity contribution is 0.383. The van der Waals surface area contributed by atoms with Crippen molar-refractivity contribution in [1.29, 1.82) is 0 Å². The maximum absolute atomic E-state index is 9.80. The summed E-state index contributed by atoms with van der Waals surface area (Å²) in [4.78, 5) is 2.06. The predicted molar refractivity (Wildman–Crippen MR) is 55.0 cm³/mol. The van der Waals surface area contributed by atoms with Gasteiger partial charge < -0.3 is 10.0 Å².